The zero-order chi connectivity index (χ0) is 15.4. The lowest BCUT2D eigenvalue weighted by Gasteiger charge is -2.44. The molecule has 0 radical (unpaired) electrons. The van der Waals surface area contributed by atoms with Crippen molar-refractivity contribution in [3.8, 4) is 0 Å². The summed E-state index contributed by atoms with van der Waals surface area (Å²) >= 11 is 0. The standard InChI is InChI=1S/C16H24/c1-5-15(3,4)16(6-2)11-13-9-7-8-10-14(13)12-16/h7-10H,5-6,11-12H2,1-4H3/i5D2,11D2. The van der Waals surface area contributed by atoms with Gasteiger partial charge in [-0.15, -0.1) is 0 Å². The molecular weight excluding hydrogens is 192 g/mol. The number of rotatable bonds is 3. The van der Waals surface area contributed by atoms with E-state index >= 15 is 0 Å². The summed E-state index contributed by atoms with van der Waals surface area (Å²) in [4.78, 5) is 0. The highest BCUT2D eigenvalue weighted by Gasteiger charge is 2.45. The third-order valence-electron chi connectivity index (χ3n) is 4.31. The Morgan fingerprint density at radius 2 is 1.94 bits per heavy atom. The van der Waals surface area contributed by atoms with Crippen LogP contribution in [0, 0.1) is 10.8 Å². The lowest BCUT2D eigenvalue weighted by Crippen LogP contribution is -2.37. The van der Waals surface area contributed by atoms with Gasteiger partial charge in [0.25, 0.3) is 0 Å². The molecule has 1 atom stereocenters. The molecule has 0 nitrogen and oxygen atoms in total. The highest BCUT2D eigenvalue weighted by Crippen LogP contribution is 2.53. The van der Waals surface area contributed by atoms with Crippen molar-refractivity contribution >= 4 is 0 Å². The van der Waals surface area contributed by atoms with Crippen LogP contribution in [0.15, 0.2) is 24.3 Å². The molecule has 0 aromatic heterocycles. The van der Waals surface area contributed by atoms with Crippen LogP contribution in [-0.2, 0) is 12.8 Å². The number of benzene rings is 1. The minimum atomic E-state index is -1.51. The maximum Gasteiger partial charge on any atom is 0.0322 e. The molecule has 0 heteroatoms. The summed E-state index contributed by atoms with van der Waals surface area (Å²) in [6.07, 6.45) is -1.73. The van der Waals surface area contributed by atoms with Gasteiger partial charge in [-0.05, 0) is 41.2 Å². The average Bonchev–Trinajstić information content (AvgIpc) is 2.57. The fraction of sp³-hybridized carbons (Fsp3) is 0.625. The molecule has 0 aliphatic heterocycles. The molecule has 1 aromatic carbocycles. The molecule has 0 fully saturated rings. The smallest absolute Gasteiger partial charge is 0.0322 e. The molecule has 1 aliphatic carbocycles. The van der Waals surface area contributed by atoms with Crippen LogP contribution in [0.3, 0.4) is 0 Å². The predicted molar refractivity (Wildman–Crippen MR) is 70.6 cm³/mol. The Bertz CT molecular complexity index is 513. The van der Waals surface area contributed by atoms with Crippen molar-refractivity contribution in [1.29, 1.82) is 0 Å². The molecule has 88 valence electrons. The van der Waals surface area contributed by atoms with Crippen LogP contribution in [0.2, 0.25) is 0 Å². The van der Waals surface area contributed by atoms with Crippen molar-refractivity contribution < 1.29 is 5.48 Å². The van der Waals surface area contributed by atoms with Gasteiger partial charge in [-0.1, -0.05) is 58.3 Å². The molecule has 0 saturated carbocycles. The fourth-order valence-corrected chi connectivity index (χ4v) is 2.70. The first kappa shape index (κ1) is 7.53. The Kier molecular flexibility index (Phi) is 1.84. The summed E-state index contributed by atoms with van der Waals surface area (Å²) in [5.74, 6) is 0. The van der Waals surface area contributed by atoms with Gasteiger partial charge >= 0.3 is 0 Å². The van der Waals surface area contributed by atoms with Crippen LogP contribution in [0.25, 0.3) is 0 Å². The molecule has 0 amide bonds. The van der Waals surface area contributed by atoms with Gasteiger partial charge in [0.2, 0.25) is 0 Å². The molecule has 2 rings (SSSR count). The van der Waals surface area contributed by atoms with Crippen LogP contribution in [0.5, 0.6) is 0 Å². The molecule has 0 heterocycles. The first-order valence-electron chi connectivity index (χ1n) is 8.10. The third kappa shape index (κ3) is 1.59. The van der Waals surface area contributed by atoms with Gasteiger partial charge in [-0.2, -0.15) is 0 Å². The maximum atomic E-state index is 8.71. The van der Waals surface area contributed by atoms with Crippen LogP contribution >= 0.6 is 0 Å². The minimum absolute atomic E-state index is 0.604. The van der Waals surface area contributed by atoms with Crippen molar-refractivity contribution in [1.82, 2.24) is 0 Å². The lowest BCUT2D eigenvalue weighted by atomic mass is 9.61. The van der Waals surface area contributed by atoms with Gasteiger partial charge in [-0.3, -0.25) is 0 Å². The van der Waals surface area contributed by atoms with Crippen molar-refractivity contribution in [3.05, 3.63) is 35.4 Å². The van der Waals surface area contributed by atoms with E-state index < -0.39 is 23.6 Å². The van der Waals surface area contributed by atoms with Crippen molar-refractivity contribution in [3.63, 3.8) is 0 Å². The third-order valence-corrected chi connectivity index (χ3v) is 4.31. The Morgan fingerprint density at radius 1 is 1.31 bits per heavy atom. The van der Waals surface area contributed by atoms with Gasteiger partial charge in [0.1, 0.15) is 0 Å². The Balaban J connectivity index is 2.66. The number of hydrogen-bond donors (Lipinski definition) is 0. The van der Waals surface area contributed by atoms with Crippen LogP contribution in [0.4, 0.5) is 0 Å². The van der Waals surface area contributed by atoms with E-state index in [1.54, 1.807) is 6.92 Å². The quantitative estimate of drug-likeness (QED) is 0.697. The molecule has 1 aromatic rings. The largest absolute Gasteiger partial charge is 0.0649 e. The number of fused-ring (bicyclic) bond motifs is 1. The average molecular weight is 220 g/mol. The van der Waals surface area contributed by atoms with E-state index in [9.17, 15) is 0 Å². The molecule has 16 heavy (non-hydrogen) atoms. The normalized spacial score (nSPS) is 32.2. The van der Waals surface area contributed by atoms with Crippen molar-refractivity contribution in [2.75, 3.05) is 0 Å². The first-order chi connectivity index (χ1) is 9.01. The van der Waals surface area contributed by atoms with E-state index in [4.69, 9.17) is 5.48 Å². The van der Waals surface area contributed by atoms with E-state index in [-0.39, 0.29) is 0 Å². The van der Waals surface area contributed by atoms with Crippen molar-refractivity contribution in [2.45, 2.75) is 53.3 Å². The zero-order valence-electron chi connectivity index (χ0n) is 14.7. The molecule has 0 N–H and O–H groups in total. The van der Waals surface area contributed by atoms with E-state index in [1.807, 2.05) is 45.0 Å². The van der Waals surface area contributed by atoms with Gasteiger partial charge in [-0.25, -0.2) is 0 Å². The van der Waals surface area contributed by atoms with Gasteiger partial charge < -0.3 is 0 Å². The summed E-state index contributed by atoms with van der Waals surface area (Å²) in [5, 5.41) is 0. The molecule has 0 saturated heterocycles. The van der Waals surface area contributed by atoms with Gasteiger partial charge in [0.15, 0.2) is 0 Å². The Morgan fingerprint density at radius 3 is 2.44 bits per heavy atom. The van der Waals surface area contributed by atoms with Gasteiger partial charge in [0, 0.05) is 5.48 Å². The molecule has 0 spiro atoms. The summed E-state index contributed by atoms with van der Waals surface area (Å²) < 4.78 is 33.8. The Hall–Kier alpha value is -0.780. The van der Waals surface area contributed by atoms with Crippen LogP contribution in [0.1, 0.15) is 57.1 Å². The molecule has 1 aliphatic rings. The van der Waals surface area contributed by atoms with E-state index in [2.05, 4.69) is 0 Å². The second-order valence-electron chi connectivity index (χ2n) is 5.27. The summed E-state index contributed by atoms with van der Waals surface area (Å²) in [6.45, 7) is 7.31. The highest BCUT2D eigenvalue weighted by molar-refractivity contribution is 5.35. The SMILES string of the molecule is [2H]C([2H])(C)C(C)(C)C1(CC)Cc2ccccc2C1([2H])[2H]. The molecule has 1 unspecified atom stereocenters. The predicted octanol–water partition coefficient (Wildman–Crippen LogP) is 4.62. The zero-order valence-corrected chi connectivity index (χ0v) is 10.7. The summed E-state index contributed by atoms with van der Waals surface area (Å²) in [5.41, 5.74) is 0.273. The minimum Gasteiger partial charge on any atom is -0.0649 e. The summed E-state index contributed by atoms with van der Waals surface area (Å²) in [6, 6.07) is 7.64. The second-order valence-corrected chi connectivity index (χ2v) is 5.27. The molecular formula is C16H24. The monoisotopic (exact) mass is 220 g/mol. The topological polar surface area (TPSA) is 0 Å². The summed E-state index contributed by atoms with van der Waals surface area (Å²) in [7, 11) is 0. The van der Waals surface area contributed by atoms with Gasteiger partial charge in [0.05, 0.1) is 0 Å². The number of hydrogen-bond acceptors (Lipinski definition) is 0. The fourth-order valence-electron chi connectivity index (χ4n) is 2.70. The van der Waals surface area contributed by atoms with E-state index in [0.29, 0.717) is 12.8 Å². The highest BCUT2D eigenvalue weighted by atomic mass is 14.5. The first-order valence-corrected chi connectivity index (χ1v) is 6.10. The Labute approximate surface area is 106 Å². The lowest BCUT2D eigenvalue weighted by molar-refractivity contribution is 0.0687. The maximum absolute atomic E-state index is 8.71. The van der Waals surface area contributed by atoms with Crippen LogP contribution in [-0.4, -0.2) is 0 Å². The van der Waals surface area contributed by atoms with Crippen LogP contribution < -0.4 is 0 Å². The van der Waals surface area contributed by atoms with E-state index in [1.165, 1.54) is 0 Å². The second kappa shape index (κ2) is 3.91. The van der Waals surface area contributed by atoms with E-state index in [0.717, 1.165) is 11.1 Å². The van der Waals surface area contributed by atoms with Crippen molar-refractivity contribution in [2.24, 2.45) is 10.8 Å². The molecule has 0 bridgehead atoms.